The second kappa shape index (κ2) is 8.30. The first-order valence-electron chi connectivity index (χ1n) is 7.69. The van der Waals surface area contributed by atoms with E-state index in [0.717, 1.165) is 28.3 Å². The van der Waals surface area contributed by atoms with Gasteiger partial charge in [-0.3, -0.25) is 0 Å². The highest BCUT2D eigenvalue weighted by Gasteiger charge is 2.34. The largest absolute Gasteiger partial charge is 0.417 e. The van der Waals surface area contributed by atoms with Gasteiger partial charge in [0, 0.05) is 14.8 Å². The van der Waals surface area contributed by atoms with Crippen molar-refractivity contribution in [2.75, 3.05) is 6.61 Å². The van der Waals surface area contributed by atoms with Gasteiger partial charge in [0.05, 0.1) is 12.2 Å². The van der Waals surface area contributed by atoms with Crippen molar-refractivity contribution in [3.05, 3.63) is 64.2 Å². The summed E-state index contributed by atoms with van der Waals surface area (Å²) in [5.41, 5.74) is 0.476. The van der Waals surface area contributed by atoms with Gasteiger partial charge in [-0.1, -0.05) is 67.6 Å². The highest BCUT2D eigenvalue weighted by atomic mass is 35.5. The Hall–Kier alpha value is -1.43. The summed E-state index contributed by atoms with van der Waals surface area (Å²) in [5.74, 6) is 0.195. The van der Waals surface area contributed by atoms with Gasteiger partial charge in [-0.25, -0.2) is 0 Å². The number of rotatable bonds is 5. The van der Waals surface area contributed by atoms with Crippen LogP contribution in [-0.2, 0) is 6.18 Å². The van der Waals surface area contributed by atoms with Crippen molar-refractivity contribution in [2.45, 2.75) is 35.7 Å². The maximum absolute atomic E-state index is 13.5. The molecule has 6 heteroatoms. The molecule has 1 N–H and O–H groups in total. The van der Waals surface area contributed by atoms with E-state index in [2.05, 4.69) is 0 Å². The van der Waals surface area contributed by atoms with Gasteiger partial charge in [-0.2, -0.15) is 13.2 Å². The van der Waals surface area contributed by atoms with E-state index in [9.17, 15) is 13.2 Å². The number of aliphatic hydroxyl groups is 1. The molecule has 0 aliphatic rings. The highest BCUT2D eigenvalue weighted by molar-refractivity contribution is 7.99. The number of halogens is 4. The molecule has 0 aromatic heterocycles. The summed E-state index contributed by atoms with van der Waals surface area (Å²) >= 11 is 7.21. The van der Waals surface area contributed by atoms with Crippen LogP contribution in [0, 0.1) is 0 Å². The van der Waals surface area contributed by atoms with E-state index in [0.29, 0.717) is 0 Å². The summed E-state index contributed by atoms with van der Waals surface area (Å²) in [6, 6.07) is 9.77. The summed E-state index contributed by atoms with van der Waals surface area (Å²) < 4.78 is 40.5. The van der Waals surface area contributed by atoms with E-state index in [-0.39, 0.29) is 28.0 Å². The molecule has 0 saturated heterocycles. The first-order chi connectivity index (χ1) is 11.7. The van der Waals surface area contributed by atoms with Crippen LogP contribution < -0.4 is 0 Å². The predicted molar refractivity (Wildman–Crippen MR) is 97.2 cm³/mol. The molecule has 0 heterocycles. The van der Waals surface area contributed by atoms with Crippen LogP contribution >= 0.6 is 23.4 Å². The fourth-order valence-corrected chi connectivity index (χ4v) is 3.91. The maximum Gasteiger partial charge on any atom is 0.417 e. The zero-order chi connectivity index (χ0) is 18.6. The van der Waals surface area contributed by atoms with Gasteiger partial charge in [0.15, 0.2) is 0 Å². The van der Waals surface area contributed by atoms with Gasteiger partial charge in [-0.15, -0.1) is 0 Å². The van der Waals surface area contributed by atoms with Crippen LogP contribution in [0.1, 0.15) is 36.5 Å². The van der Waals surface area contributed by atoms with Crippen molar-refractivity contribution < 1.29 is 18.3 Å². The van der Waals surface area contributed by atoms with Crippen LogP contribution in [0.25, 0.3) is 6.08 Å². The lowest BCUT2D eigenvalue weighted by Gasteiger charge is -2.17. The SMILES string of the molecule is CC(C)c1ccccc1Sc1cc(Cl)c(/C=C/CO)cc1C(F)(F)F. The third-order valence-corrected chi connectivity index (χ3v) is 5.04. The Bertz CT molecular complexity index is 770. The molecule has 0 saturated carbocycles. The van der Waals surface area contributed by atoms with Crippen LogP contribution in [-0.4, -0.2) is 11.7 Å². The maximum atomic E-state index is 13.5. The first kappa shape index (κ1) is 19.9. The minimum atomic E-state index is -4.50. The number of benzene rings is 2. The molecule has 0 aliphatic carbocycles. The van der Waals surface area contributed by atoms with Crippen molar-refractivity contribution in [1.82, 2.24) is 0 Å². The average Bonchev–Trinajstić information content (AvgIpc) is 2.53. The third-order valence-electron chi connectivity index (χ3n) is 3.57. The Balaban J connectivity index is 2.54. The Labute approximate surface area is 154 Å². The van der Waals surface area contributed by atoms with Crippen LogP contribution in [0.5, 0.6) is 0 Å². The Morgan fingerprint density at radius 3 is 2.44 bits per heavy atom. The van der Waals surface area contributed by atoms with Crippen molar-refractivity contribution in [1.29, 1.82) is 0 Å². The van der Waals surface area contributed by atoms with Crippen LogP contribution in [0.2, 0.25) is 5.02 Å². The van der Waals surface area contributed by atoms with Crippen molar-refractivity contribution in [3.63, 3.8) is 0 Å². The Morgan fingerprint density at radius 1 is 1.16 bits per heavy atom. The second-order valence-corrected chi connectivity index (χ2v) is 7.24. The summed E-state index contributed by atoms with van der Waals surface area (Å²) in [6.45, 7) is 3.73. The summed E-state index contributed by atoms with van der Waals surface area (Å²) in [4.78, 5) is 0.837. The zero-order valence-corrected chi connectivity index (χ0v) is 15.3. The molecule has 0 bridgehead atoms. The molecule has 25 heavy (non-hydrogen) atoms. The van der Waals surface area contributed by atoms with Crippen molar-refractivity contribution in [2.24, 2.45) is 0 Å². The van der Waals surface area contributed by atoms with Crippen LogP contribution in [0.3, 0.4) is 0 Å². The predicted octanol–water partition coefficient (Wildman–Crippen LogP) is 6.64. The lowest BCUT2D eigenvalue weighted by Crippen LogP contribution is -2.07. The van der Waals surface area contributed by atoms with Gasteiger partial charge in [0.2, 0.25) is 0 Å². The zero-order valence-electron chi connectivity index (χ0n) is 13.8. The number of aliphatic hydroxyl groups excluding tert-OH is 1. The quantitative estimate of drug-likeness (QED) is 0.621. The molecule has 1 nitrogen and oxygen atoms in total. The summed E-state index contributed by atoms with van der Waals surface area (Å²) in [7, 11) is 0. The van der Waals surface area contributed by atoms with Crippen molar-refractivity contribution >= 4 is 29.4 Å². The van der Waals surface area contributed by atoms with E-state index >= 15 is 0 Å². The summed E-state index contributed by atoms with van der Waals surface area (Å²) in [6.07, 6.45) is -1.77. The van der Waals surface area contributed by atoms with E-state index < -0.39 is 11.7 Å². The molecule has 0 fully saturated rings. The smallest absolute Gasteiger partial charge is 0.392 e. The molecule has 0 spiro atoms. The molecular formula is C19H18ClF3OS. The molecule has 0 amide bonds. The highest BCUT2D eigenvalue weighted by Crippen LogP contribution is 2.43. The van der Waals surface area contributed by atoms with Crippen LogP contribution in [0.4, 0.5) is 13.2 Å². The number of alkyl halides is 3. The monoisotopic (exact) mass is 386 g/mol. The molecule has 134 valence electrons. The molecule has 0 radical (unpaired) electrons. The van der Waals surface area contributed by atoms with Crippen molar-refractivity contribution in [3.8, 4) is 0 Å². The second-order valence-electron chi connectivity index (χ2n) is 5.75. The standard InChI is InChI=1S/C19H18ClF3OS/c1-12(2)14-7-3-4-8-17(14)25-18-11-16(20)13(6-5-9-24)10-15(18)19(21,22)23/h3-8,10-12,24H,9H2,1-2H3/b6-5+. The van der Waals surface area contributed by atoms with E-state index in [1.54, 1.807) is 6.07 Å². The van der Waals surface area contributed by atoms with E-state index in [1.807, 2.05) is 32.0 Å². The average molecular weight is 387 g/mol. The lowest BCUT2D eigenvalue weighted by molar-refractivity contribution is -0.139. The van der Waals surface area contributed by atoms with Crippen LogP contribution in [0.15, 0.2) is 52.3 Å². The van der Waals surface area contributed by atoms with E-state index in [1.165, 1.54) is 18.2 Å². The van der Waals surface area contributed by atoms with Gasteiger partial charge in [0.25, 0.3) is 0 Å². The Morgan fingerprint density at radius 2 is 1.84 bits per heavy atom. The molecule has 2 aromatic rings. The number of hydrogen-bond acceptors (Lipinski definition) is 2. The van der Waals surface area contributed by atoms with E-state index in [4.69, 9.17) is 16.7 Å². The fourth-order valence-electron chi connectivity index (χ4n) is 2.35. The number of hydrogen-bond donors (Lipinski definition) is 1. The molecule has 0 aliphatic heterocycles. The normalized spacial score (nSPS) is 12.3. The van der Waals surface area contributed by atoms with Gasteiger partial charge >= 0.3 is 6.18 Å². The molecule has 0 unspecified atom stereocenters. The summed E-state index contributed by atoms with van der Waals surface area (Å²) in [5, 5.41) is 9.03. The third kappa shape index (κ3) is 5.03. The molecule has 2 rings (SSSR count). The first-order valence-corrected chi connectivity index (χ1v) is 8.88. The fraction of sp³-hybridized carbons (Fsp3) is 0.263. The Kier molecular flexibility index (Phi) is 6.60. The molecule has 0 atom stereocenters. The lowest BCUT2D eigenvalue weighted by atomic mass is 10.0. The van der Waals surface area contributed by atoms with Gasteiger partial charge in [-0.05, 0) is 35.2 Å². The minimum absolute atomic E-state index is 0.0618. The van der Waals surface area contributed by atoms with Gasteiger partial charge < -0.3 is 5.11 Å². The van der Waals surface area contributed by atoms with Gasteiger partial charge in [0.1, 0.15) is 0 Å². The molecule has 2 aromatic carbocycles. The minimum Gasteiger partial charge on any atom is -0.392 e. The molecular weight excluding hydrogens is 369 g/mol. The topological polar surface area (TPSA) is 20.2 Å².